The van der Waals surface area contributed by atoms with Gasteiger partial charge in [-0.2, -0.15) is 0 Å². The van der Waals surface area contributed by atoms with Gasteiger partial charge in [0.25, 0.3) is 0 Å². The Morgan fingerprint density at radius 1 is 1.17 bits per heavy atom. The third-order valence-corrected chi connectivity index (χ3v) is 4.87. The Morgan fingerprint density at radius 2 is 1.83 bits per heavy atom. The van der Waals surface area contributed by atoms with Gasteiger partial charge in [0.1, 0.15) is 11.5 Å². The molecule has 130 valence electrons. The number of benzene rings is 1. The molecular weight excluding hydrogens is 314 g/mol. The summed E-state index contributed by atoms with van der Waals surface area (Å²) in [5.41, 5.74) is 2.41. The molecular formula is C20H29NO2Si. The lowest BCUT2D eigenvalue weighted by Crippen LogP contribution is -2.27. The van der Waals surface area contributed by atoms with Crippen LogP contribution in [0.1, 0.15) is 48.5 Å². The van der Waals surface area contributed by atoms with Crippen LogP contribution in [0.4, 0.5) is 0 Å². The van der Waals surface area contributed by atoms with E-state index in [1.165, 1.54) is 11.1 Å². The first-order valence-electron chi connectivity index (χ1n) is 8.58. The molecule has 4 heteroatoms. The lowest BCUT2D eigenvalue weighted by molar-refractivity contribution is 0.285. The molecule has 1 heterocycles. The summed E-state index contributed by atoms with van der Waals surface area (Å²) in [5.74, 6) is 2.24. The second-order valence-electron chi connectivity index (χ2n) is 7.44. The van der Waals surface area contributed by atoms with Crippen LogP contribution < -0.4 is 0 Å². The second kappa shape index (κ2) is 7.95. The largest absolute Gasteiger partial charge is 0.460 e. The van der Waals surface area contributed by atoms with Crippen LogP contribution in [0.25, 0.3) is 0 Å². The van der Waals surface area contributed by atoms with Gasteiger partial charge < -0.3 is 8.84 Å². The minimum atomic E-state index is -1.58. The summed E-state index contributed by atoms with van der Waals surface area (Å²) in [7, 11) is -1.58. The van der Waals surface area contributed by atoms with E-state index in [1.54, 1.807) is 0 Å². The molecule has 0 saturated carbocycles. The molecule has 2 aromatic rings. The van der Waals surface area contributed by atoms with Crippen molar-refractivity contribution in [2.45, 2.75) is 52.4 Å². The molecule has 24 heavy (non-hydrogen) atoms. The van der Waals surface area contributed by atoms with Crippen LogP contribution in [0.3, 0.4) is 0 Å². The van der Waals surface area contributed by atoms with Crippen LogP contribution in [-0.2, 0) is 4.43 Å². The van der Waals surface area contributed by atoms with Gasteiger partial charge in [0.2, 0.25) is 0 Å². The van der Waals surface area contributed by atoms with E-state index in [0.717, 1.165) is 11.5 Å². The normalized spacial score (nSPS) is 13.8. The van der Waals surface area contributed by atoms with E-state index in [0.29, 0.717) is 12.5 Å². The summed E-state index contributed by atoms with van der Waals surface area (Å²) in [6.45, 7) is 13.6. The van der Waals surface area contributed by atoms with Crippen LogP contribution in [0, 0.1) is 6.92 Å². The smallest absolute Gasteiger partial charge is 0.183 e. The van der Waals surface area contributed by atoms with Gasteiger partial charge in [-0.15, -0.1) is 0 Å². The molecule has 0 saturated heterocycles. The minimum Gasteiger partial charge on any atom is -0.460 e. The van der Waals surface area contributed by atoms with E-state index in [-0.39, 0.29) is 6.04 Å². The molecule has 0 aliphatic carbocycles. The maximum absolute atomic E-state index is 6.10. The zero-order valence-electron chi connectivity index (χ0n) is 15.7. The standard InChI is InChI=1S/C20H29NO2Si/c1-15(2)19-12-18(23-16(19)3)13-21-20(14-22-24(4,5)6)17-10-8-7-9-11-17/h7-13,15,20H,14H2,1-6H3/t20-/m0/s1. The first-order valence-corrected chi connectivity index (χ1v) is 12.0. The molecule has 0 amide bonds. The number of furan rings is 1. The van der Waals surface area contributed by atoms with Gasteiger partial charge >= 0.3 is 0 Å². The highest BCUT2D eigenvalue weighted by molar-refractivity contribution is 6.69. The summed E-state index contributed by atoms with van der Waals surface area (Å²) in [6, 6.07) is 12.4. The van der Waals surface area contributed by atoms with Crippen LogP contribution in [0.5, 0.6) is 0 Å². The number of hydrogen-bond acceptors (Lipinski definition) is 3. The highest BCUT2D eigenvalue weighted by Gasteiger charge is 2.18. The first kappa shape index (κ1) is 18.7. The van der Waals surface area contributed by atoms with Gasteiger partial charge in [-0.25, -0.2) is 0 Å². The van der Waals surface area contributed by atoms with E-state index in [2.05, 4.69) is 51.7 Å². The van der Waals surface area contributed by atoms with E-state index in [1.807, 2.05) is 31.3 Å². The third-order valence-electron chi connectivity index (χ3n) is 3.84. The van der Waals surface area contributed by atoms with Crippen LogP contribution >= 0.6 is 0 Å². The number of nitrogens with zero attached hydrogens (tertiary/aromatic N) is 1. The van der Waals surface area contributed by atoms with Crippen molar-refractivity contribution in [2.24, 2.45) is 4.99 Å². The highest BCUT2D eigenvalue weighted by Crippen LogP contribution is 2.23. The molecule has 1 atom stereocenters. The number of aliphatic imine (C=N–C) groups is 1. The van der Waals surface area contributed by atoms with E-state index >= 15 is 0 Å². The Kier molecular flexibility index (Phi) is 6.19. The molecule has 3 nitrogen and oxygen atoms in total. The van der Waals surface area contributed by atoms with Crippen molar-refractivity contribution in [3.8, 4) is 0 Å². The Balaban J connectivity index is 2.19. The zero-order chi connectivity index (χ0) is 17.7. The van der Waals surface area contributed by atoms with Crippen molar-refractivity contribution in [1.29, 1.82) is 0 Å². The van der Waals surface area contributed by atoms with E-state index in [9.17, 15) is 0 Å². The molecule has 1 aromatic heterocycles. The van der Waals surface area contributed by atoms with E-state index in [4.69, 9.17) is 13.8 Å². The molecule has 0 fully saturated rings. The number of rotatable bonds is 7. The molecule has 0 spiro atoms. The maximum atomic E-state index is 6.10. The van der Waals surface area contributed by atoms with Crippen molar-refractivity contribution >= 4 is 14.5 Å². The molecule has 0 aliphatic heterocycles. The van der Waals surface area contributed by atoms with Crippen LogP contribution in [-0.4, -0.2) is 21.1 Å². The predicted molar refractivity (Wildman–Crippen MR) is 104 cm³/mol. The Hall–Kier alpha value is -1.65. The fourth-order valence-corrected chi connectivity index (χ4v) is 3.21. The molecule has 0 unspecified atom stereocenters. The molecule has 2 rings (SSSR count). The molecule has 0 N–H and O–H groups in total. The van der Waals surface area contributed by atoms with Gasteiger partial charge in [0.15, 0.2) is 8.32 Å². The van der Waals surface area contributed by atoms with Crippen molar-refractivity contribution in [2.75, 3.05) is 6.61 Å². The minimum absolute atomic E-state index is 0.00849. The highest BCUT2D eigenvalue weighted by atomic mass is 28.4. The average Bonchev–Trinajstić information content (AvgIpc) is 2.88. The summed E-state index contributed by atoms with van der Waals surface area (Å²) in [4.78, 5) is 4.76. The van der Waals surface area contributed by atoms with Crippen molar-refractivity contribution < 1.29 is 8.84 Å². The fourth-order valence-electron chi connectivity index (χ4n) is 2.55. The van der Waals surface area contributed by atoms with Crippen LogP contribution in [0.15, 0.2) is 45.8 Å². The SMILES string of the molecule is Cc1oc(C=N[C@@H](CO[Si](C)(C)C)c2ccccc2)cc1C(C)C. The van der Waals surface area contributed by atoms with Crippen molar-refractivity contribution in [3.05, 3.63) is 59.0 Å². The molecule has 0 bridgehead atoms. The number of hydrogen-bond donors (Lipinski definition) is 0. The van der Waals surface area contributed by atoms with Gasteiger partial charge in [-0.3, -0.25) is 4.99 Å². The monoisotopic (exact) mass is 343 g/mol. The maximum Gasteiger partial charge on any atom is 0.183 e. The molecule has 0 radical (unpaired) electrons. The summed E-state index contributed by atoms with van der Waals surface area (Å²) < 4.78 is 11.9. The molecule has 0 aliphatic rings. The molecule has 1 aromatic carbocycles. The quantitative estimate of drug-likeness (QED) is 0.476. The van der Waals surface area contributed by atoms with Gasteiger partial charge in [0, 0.05) is 0 Å². The topological polar surface area (TPSA) is 34.7 Å². The lowest BCUT2D eigenvalue weighted by Gasteiger charge is -2.21. The number of aryl methyl sites for hydroxylation is 1. The first-order chi connectivity index (χ1) is 11.3. The predicted octanol–water partition coefficient (Wildman–Crippen LogP) is 5.72. The summed E-state index contributed by atoms with van der Waals surface area (Å²) in [5, 5.41) is 0. The summed E-state index contributed by atoms with van der Waals surface area (Å²) in [6.07, 6.45) is 1.84. The lowest BCUT2D eigenvalue weighted by atomic mass is 10.0. The Bertz CT molecular complexity index is 669. The van der Waals surface area contributed by atoms with Gasteiger partial charge in [0.05, 0.1) is 18.9 Å². The second-order valence-corrected chi connectivity index (χ2v) is 12.0. The van der Waals surface area contributed by atoms with Gasteiger partial charge in [-0.05, 0) is 49.7 Å². The van der Waals surface area contributed by atoms with Crippen LogP contribution in [0.2, 0.25) is 19.6 Å². The Labute approximate surface area is 146 Å². The zero-order valence-corrected chi connectivity index (χ0v) is 16.7. The Morgan fingerprint density at radius 3 is 2.38 bits per heavy atom. The fraction of sp³-hybridized carbons (Fsp3) is 0.450. The van der Waals surface area contributed by atoms with E-state index < -0.39 is 8.32 Å². The van der Waals surface area contributed by atoms with Crippen molar-refractivity contribution in [1.82, 2.24) is 0 Å². The summed E-state index contributed by atoms with van der Waals surface area (Å²) >= 11 is 0. The van der Waals surface area contributed by atoms with Gasteiger partial charge in [-0.1, -0.05) is 44.2 Å². The third kappa shape index (κ3) is 5.46. The average molecular weight is 344 g/mol. The van der Waals surface area contributed by atoms with Crippen molar-refractivity contribution in [3.63, 3.8) is 0 Å².